The number of allylic oxidation sites excluding steroid dienone is 2. The molecule has 1 rings (SSSR count). The second kappa shape index (κ2) is 17.1. The maximum atomic E-state index is 5.95. The highest BCUT2D eigenvalue weighted by atomic mass is 16.5. The summed E-state index contributed by atoms with van der Waals surface area (Å²) in [6.07, 6.45) is 25.7. The van der Waals surface area contributed by atoms with Gasteiger partial charge in [-0.05, 0) is 45.6 Å². The molecular formula is C23H45NO. The fraction of sp³-hybridized carbons (Fsp3) is 0.913. The maximum Gasteiger partial charge on any atom is 0.0714 e. The summed E-state index contributed by atoms with van der Waals surface area (Å²) in [5, 5.41) is 0. The van der Waals surface area contributed by atoms with Gasteiger partial charge < -0.3 is 9.64 Å². The molecule has 2 nitrogen and oxygen atoms in total. The molecule has 0 aliphatic carbocycles. The Hall–Kier alpha value is -0.340. The molecule has 0 aromatic heterocycles. The van der Waals surface area contributed by atoms with Crippen LogP contribution in [0.3, 0.4) is 0 Å². The molecule has 1 atom stereocenters. The van der Waals surface area contributed by atoms with Gasteiger partial charge in [-0.25, -0.2) is 0 Å². The largest absolute Gasteiger partial charge is 0.377 e. The molecule has 1 heterocycles. The van der Waals surface area contributed by atoms with Crippen molar-refractivity contribution in [3.8, 4) is 0 Å². The Morgan fingerprint density at radius 3 is 1.92 bits per heavy atom. The summed E-state index contributed by atoms with van der Waals surface area (Å²) in [6.45, 7) is 5.59. The van der Waals surface area contributed by atoms with Crippen molar-refractivity contribution in [1.82, 2.24) is 4.90 Å². The number of hydrogen-bond acceptors (Lipinski definition) is 2. The zero-order valence-electron chi connectivity index (χ0n) is 17.3. The van der Waals surface area contributed by atoms with Crippen molar-refractivity contribution in [3.63, 3.8) is 0 Å². The van der Waals surface area contributed by atoms with E-state index in [0.717, 1.165) is 13.2 Å². The van der Waals surface area contributed by atoms with E-state index < -0.39 is 0 Å². The number of rotatable bonds is 17. The highest BCUT2D eigenvalue weighted by molar-refractivity contribution is 4.81. The summed E-state index contributed by atoms with van der Waals surface area (Å²) in [5.41, 5.74) is 0. The second-order valence-electron chi connectivity index (χ2n) is 7.98. The first-order valence-electron chi connectivity index (χ1n) is 11.3. The Bertz CT molecular complexity index is 302. The Labute approximate surface area is 158 Å². The van der Waals surface area contributed by atoms with Crippen molar-refractivity contribution in [1.29, 1.82) is 0 Å². The van der Waals surface area contributed by atoms with Crippen molar-refractivity contribution in [2.75, 3.05) is 26.7 Å². The van der Waals surface area contributed by atoms with Gasteiger partial charge in [-0.3, -0.25) is 0 Å². The van der Waals surface area contributed by atoms with Gasteiger partial charge >= 0.3 is 0 Å². The van der Waals surface area contributed by atoms with Gasteiger partial charge in [0.15, 0.2) is 0 Å². The van der Waals surface area contributed by atoms with E-state index >= 15 is 0 Å². The number of unbranched alkanes of at least 4 members (excludes halogenated alkanes) is 12. The van der Waals surface area contributed by atoms with Crippen LogP contribution in [0.4, 0.5) is 0 Å². The van der Waals surface area contributed by atoms with Crippen molar-refractivity contribution >= 4 is 0 Å². The monoisotopic (exact) mass is 351 g/mol. The molecule has 2 heteroatoms. The molecule has 0 unspecified atom stereocenters. The lowest BCUT2D eigenvalue weighted by Crippen LogP contribution is -2.19. The van der Waals surface area contributed by atoms with Gasteiger partial charge in [-0.1, -0.05) is 76.9 Å². The molecule has 0 saturated carbocycles. The van der Waals surface area contributed by atoms with Crippen molar-refractivity contribution in [2.45, 2.75) is 109 Å². The van der Waals surface area contributed by atoms with Crippen LogP contribution in [0.5, 0.6) is 0 Å². The van der Waals surface area contributed by atoms with Gasteiger partial charge in [0, 0.05) is 19.7 Å². The van der Waals surface area contributed by atoms with Gasteiger partial charge in [0.25, 0.3) is 0 Å². The molecule has 0 bridgehead atoms. The van der Waals surface area contributed by atoms with E-state index in [1.165, 1.54) is 103 Å². The minimum Gasteiger partial charge on any atom is -0.377 e. The molecule has 0 N–H and O–H groups in total. The van der Waals surface area contributed by atoms with Gasteiger partial charge in [0.05, 0.1) is 6.10 Å². The third-order valence-electron chi connectivity index (χ3n) is 5.36. The third kappa shape index (κ3) is 14.5. The smallest absolute Gasteiger partial charge is 0.0714 e. The molecule has 25 heavy (non-hydrogen) atoms. The summed E-state index contributed by atoms with van der Waals surface area (Å²) < 4.78 is 5.95. The van der Waals surface area contributed by atoms with Crippen LogP contribution in [0.15, 0.2) is 12.2 Å². The molecule has 0 aromatic rings. The van der Waals surface area contributed by atoms with Crippen molar-refractivity contribution in [3.05, 3.63) is 12.2 Å². The second-order valence-corrected chi connectivity index (χ2v) is 7.98. The number of hydrogen-bond donors (Lipinski definition) is 0. The van der Waals surface area contributed by atoms with Crippen LogP contribution in [0.25, 0.3) is 0 Å². The average molecular weight is 352 g/mol. The Morgan fingerprint density at radius 1 is 0.800 bits per heavy atom. The summed E-state index contributed by atoms with van der Waals surface area (Å²) >= 11 is 0. The highest BCUT2D eigenvalue weighted by Gasteiger charge is 2.19. The fourth-order valence-corrected chi connectivity index (χ4v) is 3.63. The molecule has 0 amide bonds. The van der Waals surface area contributed by atoms with E-state index in [4.69, 9.17) is 4.74 Å². The standard InChI is InChI=1S/C23H45NO/c1-3-4-5-6-7-8-9-10-11-12-13-14-15-16-17-18-21-25-23-19-20-24(2)22-23/h7-8,23H,3-6,9-22H2,1-2H3/b8-7-/t23-/m0/s1. The lowest BCUT2D eigenvalue weighted by atomic mass is 10.1. The topological polar surface area (TPSA) is 12.5 Å². The summed E-state index contributed by atoms with van der Waals surface area (Å²) in [6, 6.07) is 0. The lowest BCUT2D eigenvalue weighted by Gasteiger charge is -2.11. The first-order chi connectivity index (χ1) is 12.3. The number of likely N-dealkylation sites (tertiary alicyclic amines) is 1. The SMILES string of the molecule is CCCCC/C=C\CCCCCCCCCCCO[C@H]1CCN(C)C1. The molecule has 0 spiro atoms. The minimum atomic E-state index is 0.510. The Morgan fingerprint density at radius 2 is 1.36 bits per heavy atom. The van der Waals surface area contributed by atoms with Crippen LogP contribution in [0, 0.1) is 0 Å². The predicted molar refractivity (Wildman–Crippen MR) is 111 cm³/mol. The van der Waals surface area contributed by atoms with E-state index in [-0.39, 0.29) is 0 Å². The van der Waals surface area contributed by atoms with Crippen LogP contribution < -0.4 is 0 Å². The van der Waals surface area contributed by atoms with Crippen LogP contribution in [0.1, 0.15) is 103 Å². The first-order valence-corrected chi connectivity index (χ1v) is 11.3. The number of ether oxygens (including phenoxy) is 1. The minimum absolute atomic E-state index is 0.510. The summed E-state index contributed by atoms with van der Waals surface area (Å²) in [4.78, 5) is 2.37. The predicted octanol–water partition coefficient (Wildman–Crippen LogP) is 6.74. The molecule has 1 saturated heterocycles. The van der Waals surface area contributed by atoms with Gasteiger partial charge in [-0.2, -0.15) is 0 Å². The first kappa shape index (κ1) is 22.7. The number of likely N-dealkylation sites (N-methyl/N-ethyl adjacent to an activating group) is 1. The zero-order chi connectivity index (χ0) is 18.0. The van der Waals surface area contributed by atoms with Crippen LogP contribution in [-0.2, 0) is 4.74 Å². The third-order valence-corrected chi connectivity index (χ3v) is 5.36. The lowest BCUT2D eigenvalue weighted by molar-refractivity contribution is 0.0581. The van der Waals surface area contributed by atoms with Crippen LogP contribution in [-0.4, -0.2) is 37.7 Å². The van der Waals surface area contributed by atoms with E-state index in [2.05, 4.69) is 31.0 Å². The highest BCUT2D eigenvalue weighted by Crippen LogP contribution is 2.13. The van der Waals surface area contributed by atoms with Crippen molar-refractivity contribution in [2.24, 2.45) is 0 Å². The normalized spacial score (nSPS) is 18.6. The molecule has 148 valence electrons. The van der Waals surface area contributed by atoms with Crippen LogP contribution >= 0.6 is 0 Å². The quantitative estimate of drug-likeness (QED) is 0.212. The molecule has 0 radical (unpaired) electrons. The molecule has 1 fully saturated rings. The van der Waals surface area contributed by atoms with Gasteiger partial charge in [0.1, 0.15) is 0 Å². The Balaban J connectivity index is 1.69. The van der Waals surface area contributed by atoms with Gasteiger partial charge in [-0.15, -0.1) is 0 Å². The maximum absolute atomic E-state index is 5.95. The Kier molecular flexibility index (Phi) is 15.5. The van der Waals surface area contributed by atoms with E-state index in [9.17, 15) is 0 Å². The van der Waals surface area contributed by atoms with Crippen molar-refractivity contribution < 1.29 is 4.74 Å². The average Bonchev–Trinajstić information content (AvgIpc) is 3.03. The van der Waals surface area contributed by atoms with E-state index in [1.54, 1.807) is 0 Å². The van der Waals surface area contributed by atoms with E-state index in [0.29, 0.717) is 6.10 Å². The summed E-state index contributed by atoms with van der Waals surface area (Å²) in [5.74, 6) is 0. The molecule has 1 aliphatic rings. The van der Waals surface area contributed by atoms with Gasteiger partial charge in [0.2, 0.25) is 0 Å². The van der Waals surface area contributed by atoms with E-state index in [1.807, 2.05) is 0 Å². The van der Waals surface area contributed by atoms with Crippen LogP contribution in [0.2, 0.25) is 0 Å². The molecular weight excluding hydrogens is 306 g/mol. The number of nitrogens with zero attached hydrogens (tertiary/aromatic N) is 1. The molecule has 0 aromatic carbocycles. The fourth-order valence-electron chi connectivity index (χ4n) is 3.63. The molecule has 1 aliphatic heterocycles. The zero-order valence-corrected chi connectivity index (χ0v) is 17.3. The summed E-state index contributed by atoms with van der Waals surface area (Å²) in [7, 11) is 2.19.